The highest BCUT2D eigenvalue weighted by atomic mass is 32.2. The van der Waals surface area contributed by atoms with Crippen molar-refractivity contribution < 1.29 is 9.32 Å². The molecule has 1 saturated carbocycles. The highest BCUT2D eigenvalue weighted by Crippen LogP contribution is 2.39. The van der Waals surface area contributed by atoms with E-state index in [4.69, 9.17) is 9.97 Å². The van der Waals surface area contributed by atoms with Gasteiger partial charge in [0.1, 0.15) is 10.7 Å². The molecule has 0 amide bonds. The topological polar surface area (TPSA) is 109 Å². The van der Waals surface area contributed by atoms with E-state index in [-0.39, 0.29) is 12.1 Å². The van der Waals surface area contributed by atoms with Crippen LogP contribution in [0, 0.1) is 0 Å². The maximum absolute atomic E-state index is 12.6. The van der Waals surface area contributed by atoms with Crippen molar-refractivity contribution in [1.82, 2.24) is 24.6 Å². The van der Waals surface area contributed by atoms with E-state index >= 15 is 0 Å². The summed E-state index contributed by atoms with van der Waals surface area (Å²) in [5.74, 6) is 3.22. The van der Waals surface area contributed by atoms with E-state index in [1.165, 1.54) is 0 Å². The summed E-state index contributed by atoms with van der Waals surface area (Å²) in [5, 5.41) is 20.0. The number of aromatic nitrogens is 5. The summed E-state index contributed by atoms with van der Waals surface area (Å²) in [7, 11) is -1.08. The number of hydrogen-bond donors (Lipinski definition) is 2. The number of aliphatic hydroxyl groups excluding tert-OH is 1. The number of aliphatic hydroxyl groups is 1. The smallest absolute Gasteiger partial charge is 0.227 e. The van der Waals surface area contributed by atoms with Gasteiger partial charge in [-0.3, -0.25) is 4.21 Å². The van der Waals surface area contributed by atoms with Crippen molar-refractivity contribution in [2.45, 2.75) is 54.9 Å². The van der Waals surface area contributed by atoms with Gasteiger partial charge in [0.15, 0.2) is 5.82 Å². The van der Waals surface area contributed by atoms with Gasteiger partial charge in [-0.2, -0.15) is 10.1 Å². The predicted molar refractivity (Wildman–Crippen MR) is 119 cm³/mol. The third-order valence-corrected chi connectivity index (χ3v) is 9.01. The monoisotopic (exact) mass is 459 g/mol. The Morgan fingerprint density at radius 3 is 2.81 bits per heavy atom. The molecule has 2 aliphatic heterocycles. The molecular formula is C20H25N7O2S2. The Morgan fingerprint density at radius 1 is 1.26 bits per heavy atom. The van der Waals surface area contributed by atoms with Gasteiger partial charge in [-0.15, -0.1) is 11.3 Å². The van der Waals surface area contributed by atoms with E-state index in [0.29, 0.717) is 29.9 Å². The molecule has 0 radical (unpaired) electrons. The first-order valence-electron chi connectivity index (χ1n) is 10.9. The Kier molecular flexibility index (Phi) is 4.73. The first kappa shape index (κ1) is 19.6. The van der Waals surface area contributed by atoms with Crippen molar-refractivity contribution >= 4 is 38.9 Å². The number of nitrogens with zero attached hydrogens (tertiary/aromatic N) is 6. The molecule has 0 spiro atoms. The molecule has 3 aliphatic rings. The Morgan fingerprint density at radius 2 is 2.10 bits per heavy atom. The summed E-state index contributed by atoms with van der Waals surface area (Å²) in [6.45, 7) is 1.74. The van der Waals surface area contributed by atoms with Gasteiger partial charge in [-0.05, 0) is 32.1 Å². The molecule has 1 atom stereocenters. The van der Waals surface area contributed by atoms with Crippen molar-refractivity contribution in [1.29, 1.82) is 0 Å². The second kappa shape index (κ2) is 7.49. The Balaban J connectivity index is 1.24. The average molecular weight is 460 g/mol. The van der Waals surface area contributed by atoms with Crippen molar-refractivity contribution in [3.05, 3.63) is 23.1 Å². The number of hydrogen-bond acceptors (Lipinski definition) is 9. The molecule has 2 N–H and O–H groups in total. The maximum Gasteiger partial charge on any atom is 0.227 e. The minimum atomic E-state index is -1.08. The summed E-state index contributed by atoms with van der Waals surface area (Å²) >= 11 is 1.60. The number of piperidine rings is 1. The Bertz CT molecular complexity index is 1110. The van der Waals surface area contributed by atoms with E-state index in [0.717, 1.165) is 66.6 Å². The van der Waals surface area contributed by atoms with Crippen LogP contribution in [-0.4, -0.2) is 64.9 Å². The summed E-state index contributed by atoms with van der Waals surface area (Å²) in [5.41, 5.74) is 0.551. The Hall–Kier alpha value is -2.11. The summed E-state index contributed by atoms with van der Waals surface area (Å²) in [4.78, 5) is 18.2. The van der Waals surface area contributed by atoms with E-state index in [9.17, 15) is 9.32 Å². The van der Waals surface area contributed by atoms with Gasteiger partial charge in [0.25, 0.3) is 0 Å². The molecule has 11 heteroatoms. The van der Waals surface area contributed by atoms with E-state index in [1.54, 1.807) is 11.3 Å². The van der Waals surface area contributed by atoms with Crippen LogP contribution in [0.4, 0.5) is 11.8 Å². The van der Waals surface area contributed by atoms with E-state index in [2.05, 4.69) is 20.3 Å². The second-order valence-electron chi connectivity index (χ2n) is 8.73. The zero-order valence-electron chi connectivity index (χ0n) is 17.2. The summed E-state index contributed by atoms with van der Waals surface area (Å²) in [6, 6.07) is 0. The lowest BCUT2D eigenvalue weighted by Crippen LogP contribution is -2.48. The van der Waals surface area contributed by atoms with Gasteiger partial charge in [0.05, 0.1) is 28.6 Å². The molecule has 3 aromatic rings. The van der Waals surface area contributed by atoms with Crippen LogP contribution in [0.3, 0.4) is 0 Å². The van der Waals surface area contributed by atoms with Crippen LogP contribution in [0.2, 0.25) is 0 Å². The van der Waals surface area contributed by atoms with Gasteiger partial charge in [0, 0.05) is 42.8 Å². The number of aryl methyl sites for hydroxylation is 1. The van der Waals surface area contributed by atoms with Crippen LogP contribution < -0.4 is 10.2 Å². The number of rotatable bonds is 5. The van der Waals surface area contributed by atoms with Crippen molar-refractivity contribution in [3.63, 3.8) is 0 Å². The zero-order valence-corrected chi connectivity index (χ0v) is 18.8. The number of thiazole rings is 1. The molecule has 3 aromatic heterocycles. The molecule has 1 aliphatic carbocycles. The van der Waals surface area contributed by atoms with Crippen LogP contribution >= 0.6 is 11.3 Å². The fourth-order valence-electron chi connectivity index (χ4n) is 4.75. The van der Waals surface area contributed by atoms with Crippen LogP contribution in [0.15, 0.2) is 16.5 Å². The summed E-state index contributed by atoms with van der Waals surface area (Å²) < 4.78 is 14.5. The fraction of sp³-hybridized carbons (Fsp3) is 0.600. The normalized spacial score (nSPS) is 23.1. The predicted octanol–water partition coefficient (Wildman–Crippen LogP) is 1.96. The lowest BCUT2D eigenvalue weighted by Gasteiger charge is -2.42. The molecule has 0 aromatic carbocycles. The molecule has 164 valence electrons. The van der Waals surface area contributed by atoms with Crippen LogP contribution in [-0.2, 0) is 17.2 Å². The second-order valence-corrected chi connectivity index (χ2v) is 11.1. The maximum atomic E-state index is 12.6. The molecule has 6 rings (SSSR count). The summed E-state index contributed by atoms with van der Waals surface area (Å²) in [6.07, 6.45) is 7.47. The highest BCUT2D eigenvalue weighted by Gasteiger charge is 2.39. The number of nitrogens with one attached hydrogen (secondary N) is 1. The Labute approximate surface area is 186 Å². The quantitative estimate of drug-likeness (QED) is 0.596. The molecule has 2 fully saturated rings. The fourth-order valence-corrected chi connectivity index (χ4v) is 6.71. The first-order valence-corrected chi connectivity index (χ1v) is 13.1. The van der Waals surface area contributed by atoms with Gasteiger partial charge >= 0.3 is 0 Å². The SMILES string of the molecule is O=[S@@]1CCc2nc(N3CCC(c4nc5sccn5n4)CC3)nc(NC3(CO)CCC3)c21. The minimum absolute atomic E-state index is 0.0637. The van der Waals surface area contributed by atoms with Crippen LogP contribution in [0.1, 0.15) is 49.5 Å². The van der Waals surface area contributed by atoms with Gasteiger partial charge in [-0.1, -0.05) is 0 Å². The standard InChI is InChI=1S/C20H25N7O2S2/c28-12-20(5-1-6-20)24-17-15-14(4-11-31(15)29)21-18(22-17)26-7-2-13(3-8-26)16-23-19-27(25-16)9-10-30-19/h9-10,13,28H,1-8,11-12H2,(H,21,22,24)/t31-/m1/s1. The largest absolute Gasteiger partial charge is 0.394 e. The molecule has 5 heterocycles. The van der Waals surface area contributed by atoms with Crippen molar-refractivity contribution in [2.75, 3.05) is 35.7 Å². The lowest BCUT2D eigenvalue weighted by molar-refractivity contribution is 0.143. The van der Waals surface area contributed by atoms with Crippen LogP contribution in [0.25, 0.3) is 4.96 Å². The number of fused-ring (bicyclic) bond motifs is 2. The zero-order chi connectivity index (χ0) is 21.0. The third kappa shape index (κ3) is 3.33. The van der Waals surface area contributed by atoms with E-state index < -0.39 is 10.8 Å². The average Bonchev–Trinajstić information content (AvgIpc) is 3.46. The molecule has 31 heavy (non-hydrogen) atoms. The molecule has 0 bridgehead atoms. The minimum Gasteiger partial charge on any atom is -0.394 e. The highest BCUT2D eigenvalue weighted by molar-refractivity contribution is 7.85. The molecule has 1 saturated heterocycles. The third-order valence-electron chi connectivity index (χ3n) is 6.81. The lowest BCUT2D eigenvalue weighted by atomic mass is 9.77. The number of anilines is 2. The van der Waals surface area contributed by atoms with Gasteiger partial charge < -0.3 is 15.3 Å². The van der Waals surface area contributed by atoms with Gasteiger partial charge in [-0.25, -0.2) is 14.5 Å². The molecule has 0 unspecified atom stereocenters. The first-order chi connectivity index (χ1) is 15.1. The molecule has 9 nitrogen and oxygen atoms in total. The van der Waals surface area contributed by atoms with E-state index in [1.807, 2.05) is 16.1 Å². The van der Waals surface area contributed by atoms with Crippen molar-refractivity contribution in [2.24, 2.45) is 0 Å². The van der Waals surface area contributed by atoms with Crippen LogP contribution in [0.5, 0.6) is 0 Å². The van der Waals surface area contributed by atoms with Crippen molar-refractivity contribution in [3.8, 4) is 0 Å². The van der Waals surface area contributed by atoms with Gasteiger partial charge in [0.2, 0.25) is 10.9 Å². The molecular weight excluding hydrogens is 434 g/mol.